The summed E-state index contributed by atoms with van der Waals surface area (Å²) in [4.78, 5) is 32.9. The quantitative estimate of drug-likeness (QED) is 0.630. The van der Waals surface area contributed by atoms with Gasteiger partial charge in [-0.05, 0) is 48.4 Å². The summed E-state index contributed by atoms with van der Waals surface area (Å²) in [6.45, 7) is 3.76. The summed E-state index contributed by atoms with van der Waals surface area (Å²) in [5, 5.41) is 6.87. The van der Waals surface area contributed by atoms with Crippen LogP contribution in [0.2, 0.25) is 0 Å². The van der Waals surface area contributed by atoms with Gasteiger partial charge < -0.3 is 10.6 Å². The van der Waals surface area contributed by atoms with Crippen molar-refractivity contribution in [3.05, 3.63) is 72.0 Å². The number of anilines is 3. The largest absolute Gasteiger partial charge is 0.326 e. The average Bonchev–Trinajstić information content (AvgIpc) is 2.74. The fourth-order valence-corrected chi connectivity index (χ4v) is 3.44. The molecule has 3 aromatic rings. The minimum atomic E-state index is -0.0396. The third-order valence-corrected chi connectivity index (χ3v) is 4.94. The molecule has 30 heavy (non-hydrogen) atoms. The molecule has 2 N–H and O–H groups in total. The van der Waals surface area contributed by atoms with Crippen molar-refractivity contribution < 1.29 is 9.59 Å². The number of carbonyl (C=O) groups excluding carboxylic acids is 2. The Hall–Kier alpha value is -3.80. The summed E-state index contributed by atoms with van der Waals surface area (Å²) >= 11 is 0. The number of carbonyl (C=O) groups is 2. The predicted octanol–water partition coefficient (Wildman–Crippen LogP) is 5.02. The highest BCUT2D eigenvalue weighted by molar-refractivity contribution is 6.23. The molecule has 0 spiro atoms. The maximum Gasteiger partial charge on any atom is 0.227 e. The molecule has 1 amide bonds. The van der Waals surface area contributed by atoms with Crippen LogP contribution in [-0.4, -0.2) is 21.7 Å². The van der Waals surface area contributed by atoms with Gasteiger partial charge in [-0.15, -0.1) is 0 Å². The number of allylic oxidation sites excluding steroid dienone is 4. The summed E-state index contributed by atoms with van der Waals surface area (Å²) in [6.07, 6.45) is 6.48. The maximum atomic E-state index is 12.3. The first kappa shape index (κ1) is 19.5. The van der Waals surface area contributed by atoms with Gasteiger partial charge in [-0.2, -0.15) is 0 Å². The van der Waals surface area contributed by atoms with Crippen LogP contribution < -0.4 is 10.6 Å². The van der Waals surface area contributed by atoms with Crippen molar-refractivity contribution in [2.75, 3.05) is 10.6 Å². The monoisotopic (exact) mass is 398 g/mol. The zero-order valence-electron chi connectivity index (χ0n) is 16.9. The van der Waals surface area contributed by atoms with E-state index in [1.54, 1.807) is 6.20 Å². The third-order valence-electron chi connectivity index (χ3n) is 4.94. The first-order valence-corrected chi connectivity index (χ1v) is 9.88. The zero-order chi connectivity index (χ0) is 21.1. The third kappa shape index (κ3) is 4.12. The van der Waals surface area contributed by atoms with E-state index < -0.39 is 0 Å². The van der Waals surface area contributed by atoms with Crippen LogP contribution in [0.15, 0.2) is 66.4 Å². The number of Topliss-reactive ketones (excluding diaryl/α,β-unsaturated/α-hetero) is 1. The molecule has 1 aliphatic rings. The maximum absolute atomic E-state index is 12.3. The molecule has 1 heterocycles. The van der Waals surface area contributed by atoms with Gasteiger partial charge in [0, 0.05) is 41.4 Å². The Labute approximate surface area is 174 Å². The second-order valence-electron chi connectivity index (χ2n) is 7.16. The number of nitrogens with zero attached hydrogens (tertiary/aromatic N) is 2. The lowest BCUT2D eigenvalue weighted by Crippen LogP contribution is -2.09. The molecule has 1 aromatic heterocycles. The molecule has 0 radical (unpaired) electrons. The first-order chi connectivity index (χ1) is 14.5. The number of ketones is 1. The number of hydrogen-bond donors (Lipinski definition) is 2. The van der Waals surface area contributed by atoms with E-state index in [2.05, 4.69) is 20.6 Å². The number of benzene rings is 2. The van der Waals surface area contributed by atoms with E-state index in [0.29, 0.717) is 24.5 Å². The van der Waals surface area contributed by atoms with Crippen LogP contribution in [0.1, 0.15) is 32.3 Å². The van der Waals surface area contributed by atoms with Gasteiger partial charge in [0.1, 0.15) is 0 Å². The molecule has 6 nitrogen and oxygen atoms in total. The highest BCUT2D eigenvalue weighted by Gasteiger charge is 2.17. The summed E-state index contributed by atoms with van der Waals surface area (Å²) < 4.78 is 0. The highest BCUT2D eigenvalue weighted by atomic mass is 16.1. The minimum absolute atomic E-state index is 0.0396. The smallest absolute Gasteiger partial charge is 0.227 e. The number of amides is 1. The molecule has 4 rings (SSSR count). The van der Waals surface area contributed by atoms with E-state index in [1.165, 1.54) is 0 Å². The molecule has 0 aliphatic heterocycles. The van der Waals surface area contributed by atoms with Gasteiger partial charge in [0.05, 0.1) is 5.52 Å². The fourth-order valence-electron chi connectivity index (χ4n) is 3.44. The van der Waals surface area contributed by atoms with E-state index in [4.69, 9.17) is 0 Å². The summed E-state index contributed by atoms with van der Waals surface area (Å²) in [7, 11) is 0. The van der Waals surface area contributed by atoms with Gasteiger partial charge in [-0.25, -0.2) is 9.97 Å². The van der Waals surface area contributed by atoms with Gasteiger partial charge in [0.25, 0.3) is 0 Å². The van der Waals surface area contributed by atoms with Crippen molar-refractivity contribution in [3.63, 3.8) is 0 Å². The molecule has 0 fully saturated rings. The van der Waals surface area contributed by atoms with Gasteiger partial charge in [0.2, 0.25) is 11.9 Å². The van der Waals surface area contributed by atoms with Crippen LogP contribution in [0.3, 0.4) is 0 Å². The van der Waals surface area contributed by atoms with Crippen molar-refractivity contribution in [3.8, 4) is 0 Å². The van der Waals surface area contributed by atoms with Gasteiger partial charge in [-0.1, -0.05) is 31.2 Å². The molecule has 6 heteroatoms. The van der Waals surface area contributed by atoms with Crippen molar-refractivity contribution in [2.24, 2.45) is 0 Å². The lowest BCUT2D eigenvalue weighted by atomic mass is 9.91. The number of hydrogen-bond acceptors (Lipinski definition) is 5. The standard InChI is InChI=1S/C24H22N4O2/c1-3-22(30)26-18-7-5-8-19(13-18)27-24-25-14-17-12-16(10-11-20(17)28-24)23-15(2)6-4-9-21(23)29/h4-8,10-14H,3,9H2,1-2H3,(H,26,30)(H,25,27,28). The molecule has 0 unspecified atom stereocenters. The van der Waals surface area contributed by atoms with Crippen LogP contribution in [-0.2, 0) is 9.59 Å². The highest BCUT2D eigenvalue weighted by Crippen LogP contribution is 2.28. The molecule has 0 atom stereocenters. The van der Waals surface area contributed by atoms with Crippen LogP contribution >= 0.6 is 0 Å². The Bertz CT molecular complexity index is 1210. The van der Waals surface area contributed by atoms with E-state index in [0.717, 1.165) is 33.3 Å². The predicted molar refractivity (Wildman–Crippen MR) is 120 cm³/mol. The second-order valence-corrected chi connectivity index (χ2v) is 7.16. The van der Waals surface area contributed by atoms with Crippen LogP contribution in [0.25, 0.3) is 16.5 Å². The summed E-state index contributed by atoms with van der Waals surface area (Å²) in [6, 6.07) is 13.2. The van der Waals surface area contributed by atoms with Crippen LogP contribution in [0.4, 0.5) is 17.3 Å². The van der Waals surface area contributed by atoms with E-state index in [-0.39, 0.29) is 11.7 Å². The number of fused-ring (bicyclic) bond motifs is 1. The molecule has 150 valence electrons. The van der Waals surface area contributed by atoms with Crippen LogP contribution in [0.5, 0.6) is 0 Å². The molecule has 0 bridgehead atoms. The van der Waals surface area contributed by atoms with Crippen molar-refractivity contribution in [2.45, 2.75) is 26.7 Å². The Morgan fingerprint density at radius 3 is 2.77 bits per heavy atom. The SMILES string of the molecule is CCC(=O)Nc1cccc(Nc2ncc3cc(C4=C(C)C=CCC4=O)ccc3n2)c1. The Morgan fingerprint density at radius 1 is 1.13 bits per heavy atom. The number of aromatic nitrogens is 2. The van der Waals surface area contributed by atoms with E-state index >= 15 is 0 Å². The first-order valence-electron chi connectivity index (χ1n) is 9.88. The van der Waals surface area contributed by atoms with E-state index in [1.807, 2.05) is 68.5 Å². The van der Waals surface area contributed by atoms with E-state index in [9.17, 15) is 9.59 Å². The van der Waals surface area contributed by atoms with Crippen molar-refractivity contribution in [1.82, 2.24) is 9.97 Å². The van der Waals surface area contributed by atoms with Crippen LogP contribution in [0, 0.1) is 0 Å². The fraction of sp³-hybridized carbons (Fsp3) is 0.167. The minimum Gasteiger partial charge on any atom is -0.326 e. The lowest BCUT2D eigenvalue weighted by molar-refractivity contribution is -0.116. The summed E-state index contributed by atoms with van der Waals surface area (Å²) in [5.41, 5.74) is 4.89. The number of nitrogens with one attached hydrogen (secondary N) is 2. The second kappa shape index (κ2) is 8.29. The lowest BCUT2D eigenvalue weighted by Gasteiger charge is -2.13. The normalized spacial score (nSPS) is 13.6. The Morgan fingerprint density at radius 2 is 1.97 bits per heavy atom. The van der Waals surface area contributed by atoms with Crippen molar-refractivity contribution >= 4 is 45.5 Å². The molecule has 2 aromatic carbocycles. The van der Waals surface area contributed by atoms with Gasteiger partial charge in [0.15, 0.2) is 5.78 Å². The average molecular weight is 398 g/mol. The number of rotatable bonds is 5. The topological polar surface area (TPSA) is 84.0 Å². The molecule has 0 saturated heterocycles. The van der Waals surface area contributed by atoms with Gasteiger partial charge >= 0.3 is 0 Å². The summed E-state index contributed by atoms with van der Waals surface area (Å²) in [5.74, 6) is 0.548. The Kier molecular flexibility index (Phi) is 5.39. The molecular weight excluding hydrogens is 376 g/mol. The molecule has 0 saturated carbocycles. The zero-order valence-corrected chi connectivity index (χ0v) is 16.9. The van der Waals surface area contributed by atoms with Crippen molar-refractivity contribution in [1.29, 1.82) is 0 Å². The van der Waals surface area contributed by atoms with Gasteiger partial charge in [-0.3, -0.25) is 9.59 Å². The molecular formula is C24H22N4O2. The molecule has 1 aliphatic carbocycles. The Balaban J connectivity index is 1.59.